The van der Waals surface area contributed by atoms with Gasteiger partial charge in [-0.25, -0.2) is 0 Å². The van der Waals surface area contributed by atoms with Gasteiger partial charge in [0.25, 0.3) is 0 Å². The molecule has 3 rings (SSSR count). The Kier molecular flexibility index (Phi) is 4.98. The molecule has 1 aromatic rings. The molecule has 2 fully saturated rings. The molecule has 1 spiro atoms. The number of ether oxygens (including phenoxy) is 3. The van der Waals surface area contributed by atoms with Crippen molar-refractivity contribution in [2.75, 3.05) is 32.9 Å². The summed E-state index contributed by atoms with van der Waals surface area (Å²) in [5, 5.41) is 0. The number of hydrogen-bond acceptors (Lipinski definition) is 4. The van der Waals surface area contributed by atoms with Crippen LogP contribution in [-0.2, 0) is 14.3 Å². The van der Waals surface area contributed by atoms with Crippen LogP contribution in [0.25, 0.3) is 6.08 Å². The van der Waals surface area contributed by atoms with Crippen molar-refractivity contribution in [1.82, 2.24) is 4.90 Å². The Morgan fingerprint density at radius 1 is 1.26 bits per heavy atom. The number of hydrogen-bond donors (Lipinski definition) is 0. The van der Waals surface area contributed by atoms with Gasteiger partial charge in [-0.2, -0.15) is 0 Å². The highest BCUT2D eigenvalue weighted by atomic mass is 16.7. The maximum absolute atomic E-state index is 12.4. The average molecular weight is 317 g/mol. The lowest BCUT2D eigenvalue weighted by molar-refractivity contribution is -0.186. The van der Waals surface area contributed by atoms with Gasteiger partial charge in [-0.05, 0) is 19.1 Å². The molecular weight excluding hydrogens is 294 g/mol. The highest BCUT2D eigenvalue weighted by molar-refractivity contribution is 5.92. The predicted molar refractivity (Wildman–Crippen MR) is 87.1 cm³/mol. The van der Waals surface area contributed by atoms with Gasteiger partial charge in [0.1, 0.15) is 5.75 Å². The average Bonchev–Trinajstić information content (AvgIpc) is 3.03. The molecule has 0 saturated carbocycles. The molecule has 2 saturated heterocycles. The molecule has 5 heteroatoms. The van der Waals surface area contributed by atoms with Crippen LogP contribution in [0.3, 0.4) is 0 Å². The molecule has 23 heavy (non-hydrogen) atoms. The van der Waals surface area contributed by atoms with Crippen LogP contribution in [0, 0.1) is 0 Å². The first-order valence-corrected chi connectivity index (χ1v) is 8.19. The molecule has 0 aliphatic carbocycles. The molecule has 0 bridgehead atoms. The number of amides is 1. The molecule has 0 unspecified atom stereocenters. The number of benzene rings is 1. The Hall–Kier alpha value is -1.85. The zero-order valence-corrected chi connectivity index (χ0v) is 13.5. The summed E-state index contributed by atoms with van der Waals surface area (Å²) < 4.78 is 16.9. The Morgan fingerprint density at radius 2 is 1.96 bits per heavy atom. The maximum atomic E-state index is 12.4. The Bertz CT molecular complexity index is 568. The van der Waals surface area contributed by atoms with E-state index in [4.69, 9.17) is 14.2 Å². The van der Waals surface area contributed by atoms with Crippen LogP contribution in [0.1, 0.15) is 25.3 Å². The SMILES string of the molecule is CCOc1ccccc1/C=C/C(=O)N1CCC2(CC1)OCCO2. The highest BCUT2D eigenvalue weighted by Crippen LogP contribution is 2.31. The van der Waals surface area contributed by atoms with Crippen LogP contribution in [0.4, 0.5) is 0 Å². The van der Waals surface area contributed by atoms with Gasteiger partial charge in [-0.1, -0.05) is 18.2 Å². The summed E-state index contributed by atoms with van der Waals surface area (Å²) >= 11 is 0. The largest absolute Gasteiger partial charge is 0.493 e. The van der Waals surface area contributed by atoms with Crippen molar-refractivity contribution >= 4 is 12.0 Å². The van der Waals surface area contributed by atoms with E-state index in [2.05, 4.69) is 0 Å². The second-order valence-corrected chi connectivity index (χ2v) is 5.74. The van der Waals surface area contributed by atoms with Gasteiger partial charge < -0.3 is 19.1 Å². The summed E-state index contributed by atoms with van der Waals surface area (Å²) in [5.74, 6) is 0.371. The van der Waals surface area contributed by atoms with E-state index in [1.54, 1.807) is 6.08 Å². The van der Waals surface area contributed by atoms with Crippen LogP contribution in [0.2, 0.25) is 0 Å². The van der Waals surface area contributed by atoms with E-state index in [0.29, 0.717) is 32.9 Å². The number of piperidine rings is 1. The lowest BCUT2D eigenvalue weighted by atomic mass is 10.0. The van der Waals surface area contributed by atoms with Crippen LogP contribution >= 0.6 is 0 Å². The van der Waals surface area contributed by atoms with Gasteiger partial charge in [0.15, 0.2) is 5.79 Å². The molecule has 0 radical (unpaired) electrons. The third kappa shape index (κ3) is 3.74. The molecule has 5 nitrogen and oxygen atoms in total. The molecule has 1 amide bonds. The molecular formula is C18H23NO4. The highest BCUT2D eigenvalue weighted by Gasteiger charge is 2.40. The number of para-hydroxylation sites is 1. The van der Waals surface area contributed by atoms with Gasteiger partial charge in [0, 0.05) is 37.6 Å². The zero-order chi connectivity index (χ0) is 16.1. The molecule has 0 atom stereocenters. The molecule has 2 heterocycles. The molecule has 0 N–H and O–H groups in total. The fraction of sp³-hybridized carbons (Fsp3) is 0.500. The van der Waals surface area contributed by atoms with Crippen molar-refractivity contribution < 1.29 is 19.0 Å². The summed E-state index contributed by atoms with van der Waals surface area (Å²) in [6.45, 7) is 5.19. The van der Waals surface area contributed by atoms with E-state index in [9.17, 15) is 4.79 Å². The molecule has 1 aromatic carbocycles. The lowest BCUT2D eigenvalue weighted by Crippen LogP contribution is -2.46. The van der Waals surface area contributed by atoms with Crippen LogP contribution in [0.5, 0.6) is 5.75 Å². The molecule has 0 aromatic heterocycles. The first-order valence-electron chi connectivity index (χ1n) is 8.19. The van der Waals surface area contributed by atoms with Crippen molar-refractivity contribution in [2.24, 2.45) is 0 Å². The third-order valence-corrected chi connectivity index (χ3v) is 4.27. The molecule has 124 valence electrons. The number of likely N-dealkylation sites (tertiary alicyclic amines) is 1. The minimum absolute atomic E-state index is 0.0177. The van der Waals surface area contributed by atoms with Crippen molar-refractivity contribution in [3.63, 3.8) is 0 Å². The topological polar surface area (TPSA) is 48.0 Å². The monoisotopic (exact) mass is 317 g/mol. The van der Waals surface area contributed by atoms with Gasteiger partial charge >= 0.3 is 0 Å². The Labute approximate surface area is 136 Å². The third-order valence-electron chi connectivity index (χ3n) is 4.27. The quantitative estimate of drug-likeness (QED) is 0.801. The van der Waals surface area contributed by atoms with Gasteiger partial charge in [0.05, 0.1) is 19.8 Å². The Morgan fingerprint density at radius 3 is 2.65 bits per heavy atom. The number of carbonyl (C=O) groups excluding carboxylic acids is 1. The minimum atomic E-state index is -0.442. The smallest absolute Gasteiger partial charge is 0.246 e. The standard InChI is InChI=1S/C18H23NO4/c1-2-21-16-6-4-3-5-15(16)7-8-17(20)19-11-9-18(10-12-19)22-13-14-23-18/h3-8H,2,9-14H2,1H3/b8-7+. The van der Waals surface area contributed by atoms with E-state index in [1.807, 2.05) is 42.2 Å². The molecule has 2 aliphatic rings. The van der Waals surface area contributed by atoms with Crippen molar-refractivity contribution in [3.8, 4) is 5.75 Å². The van der Waals surface area contributed by atoms with Crippen LogP contribution in [0.15, 0.2) is 30.3 Å². The van der Waals surface area contributed by atoms with E-state index in [0.717, 1.165) is 24.2 Å². The van der Waals surface area contributed by atoms with E-state index < -0.39 is 5.79 Å². The maximum Gasteiger partial charge on any atom is 0.246 e. The lowest BCUT2D eigenvalue weighted by Gasteiger charge is -2.37. The van der Waals surface area contributed by atoms with Crippen molar-refractivity contribution in [3.05, 3.63) is 35.9 Å². The van der Waals surface area contributed by atoms with E-state index >= 15 is 0 Å². The van der Waals surface area contributed by atoms with E-state index in [1.165, 1.54) is 0 Å². The van der Waals surface area contributed by atoms with Crippen molar-refractivity contribution in [1.29, 1.82) is 0 Å². The number of carbonyl (C=O) groups is 1. The van der Waals surface area contributed by atoms with Crippen LogP contribution < -0.4 is 4.74 Å². The summed E-state index contributed by atoms with van der Waals surface area (Å²) in [6.07, 6.45) is 4.91. The van der Waals surface area contributed by atoms with E-state index in [-0.39, 0.29) is 5.91 Å². The fourth-order valence-electron chi connectivity index (χ4n) is 3.03. The summed E-state index contributed by atoms with van der Waals surface area (Å²) in [6, 6.07) is 7.72. The second-order valence-electron chi connectivity index (χ2n) is 5.74. The Balaban J connectivity index is 1.59. The summed E-state index contributed by atoms with van der Waals surface area (Å²) in [5.41, 5.74) is 0.915. The number of rotatable bonds is 4. The minimum Gasteiger partial charge on any atom is -0.493 e. The first kappa shape index (κ1) is 16.0. The van der Waals surface area contributed by atoms with Gasteiger partial charge in [-0.15, -0.1) is 0 Å². The normalized spacial score (nSPS) is 20.3. The second kappa shape index (κ2) is 7.15. The summed E-state index contributed by atoms with van der Waals surface area (Å²) in [4.78, 5) is 14.2. The number of nitrogens with zero attached hydrogens (tertiary/aromatic N) is 1. The molecule has 2 aliphatic heterocycles. The van der Waals surface area contributed by atoms with Crippen molar-refractivity contribution in [2.45, 2.75) is 25.6 Å². The summed E-state index contributed by atoms with van der Waals surface area (Å²) in [7, 11) is 0. The van der Waals surface area contributed by atoms with Gasteiger partial charge in [-0.3, -0.25) is 4.79 Å². The first-order chi connectivity index (χ1) is 11.2. The predicted octanol–water partition coefficient (Wildman–Crippen LogP) is 2.46. The zero-order valence-electron chi connectivity index (χ0n) is 13.5. The van der Waals surface area contributed by atoms with Gasteiger partial charge in [0.2, 0.25) is 5.91 Å². The fourth-order valence-corrected chi connectivity index (χ4v) is 3.03. The van der Waals surface area contributed by atoms with Crippen LogP contribution in [-0.4, -0.2) is 49.5 Å².